The monoisotopic (exact) mass is 530 g/mol. The number of H-pyrrole nitrogens is 1. The van der Waals surface area contributed by atoms with E-state index in [2.05, 4.69) is 60.8 Å². The zero-order chi connectivity index (χ0) is 28.1. The van der Waals surface area contributed by atoms with Gasteiger partial charge < -0.3 is 14.5 Å². The average molecular weight is 531 g/mol. The number of nitrogens with zero attached hydrogens (tertiary/aromatic N) is 3. The summed E-state index contributed by atoms with van der Waals surface area (Å²) in [6, 6.07) is 32.6. The standard InChI is InChI=1S/C34H34N4O2/c1-34(2,3)31(38(23-26-19-20-30(39)35-21-26)33(40)28-17-11-6-12-18-28)32-36-29(27-15-9-5-10-16-27)24-37(32)22-25-13-7-4-8-14-25/h4-21,24,31H,22-23H2,1-3H3,(H,35,39). The van der Waals surface area contributed by atoms with Crippen molar-refractivity contribution in [3.63, 3.8) is 0 Å². The Labute approximate surface area is 235 Å². The molecule has 1 amide bonds. The van der Waals surface area contributed by atoms with E-state index in [1.807, 2.05) is 71.6 Å². The molecule has 0 saturated carbocycles. The van der Waals surface area contributed by atoms with Crippen LogP contribution in [0.1, 0.15) is 54.1 Å². The van der Waals surface area contributed by atoms with E-state index in [1.165, 1.54) is 6.07 Å². The largest absolute Gasteiger partial charge is 0.329 e. The predicted octanol–water partition coefficient (Wildman–Crippen LogP) is 6.72. The number of benzene rings is 3. The van der Waals surface area contributed by atoms with Crippen LogP contribution in [0.25, 0.3) is 11.3 Å². The van der Waals surface area contributed by atoms with Gasteiger partial charge in [-0.1, -0.05) is 106 Å². The van der Waals surface area contributed by atoms with Crippen LogP contribution in [0.5, 0.6) is 0 Å². The summed E-state index contributed by atoms with van der Waals surface area (Å²) >= 11 is 0. The van der Waals surface area contributed by atoms with Crippen molar-refractivity contribution in [3.05, 3.63) is 148 Å². The molecule has 0 aliphatic carbocycles. The van der Waals surface area contributed by atoms with Crippen LogP contribution in [-0.4, -0.2) is 25.3 Å². The quantitative estimate of drug-likeness (QED) is 0.242. The molecule has 40 heavy (non-hydrogen) atoms. The maximum Gasteiger partial charge on any atom is 0.254 e. The zero-order valence-electron chi connectivity index (χ0n) is 23.1. The lowest BCUT2D eigenvalue weighted by molar-refractivity contribution is 0.0456. The Morgan fingerprint density at radius 1 is 0.850 bits per heavy atom. The zero-order valence-corrected chi connectivity index (χ0v) is 23.1. The maximum absolute atomic E-state index is 14.2. The number of carbonyl (C=O) groups excluding carboxylic acids is 1. The van der Waals surface area contributed by atoms with Crippen molar-refractivity contribution in [1.82, 2.24) is 19.4 Å². The number of amides is 1. The molecular weight excluding hydrogens is 496 g/mol. The van der Waals surface area contributed by atoms with Gasteiger partial charge in [-0.05, 0) is 28.7 Å². The summed E-state index contributed by atoms with van der Waals surface area (Å²) in [5.41, 5.74) is 3.91. The van der Waals surface area contributed by atoms with Crippen LogP contribution in [0.4, 0.5) is 0 Å². The van der Waals surface area contributed by atoms with Gasteiger partial charge in [-0.2, -0.15) is 0 Å². The second-order valence-corrected chi connectivity index (χ2v) is 11.1. The fourth-order valence-electron chi connectivity index (χ4n) is 5.06. The summed E-state index contributed by atoms with van der Waals surface area (Å²) in [6.07, 6.45) is 3.76. The Bertz CT molecular complexity index is 1600. The molecule has 202 valence electrons. The molecule has 1 atom stereocenters. The fourth-order valence-corrected chi connectivity index (χ4v) is 5.06. The Morgan fingerprint density at radius 2 is 1.48 bits per heavy atom. The van der Waals surface area contributed by atoms with Gasteiger partial charge in [-0.15, -0.1) is 0 Å². The first-order valence-corrected chi connectivity index (χ1v) is 13.5. The first-order chi connectivity index (χ1) is 19.3. The van der Waals surface area contributed by atoms with Gasteiger partial charge in [0.1, 0.15) is 5.82 Å². The lowest BCUT2D eigenvalue weighted by Crippen LogP contribution is -2.42. The van der Waals surface area contributed by atoms with Gasteiger partial charge in [-0.3, -0.25) is 9.59 Å². The summed E-state index contributed by atoms with van der Waals surface area (Å²) in [4.78, 5) is 35.9. The molecule has 5 aromatic rings. The summed E-state index contributed by atoms with van der Waals surface area (Å²) in [6.45, 7) is 7.35. The van der Waals surface area contributed by atoms with E-state index in [0.29, 0.717) is 18.7 Å². The number of hydrogen-bond acceptors (Lipinski definition) is 3. The number of imidazole rings is 1. The third-order valence-corrected chi connectivity index (χ3v) is 6.93. The lowest BCUT2D eigenvalue weighted by atomic mass is 9.84. The van der Waals surface area contributed by atoms with E-state index in [9.17, 15) is 9.59 Å². The number of pyridine rings is 1. The highest BCUT2D eigenvalue weighted by molar-refractivity contribution is 5.94. The first-order valence-electron chi connectivity index (χ1n) is 13.5. The third-order valence-electron chi connectivity index (χ3n) is 6.93. The normalized spacial score (nSPS) is 12.2. The van der Waals surface area contributed by atoms with E-state index in [4.69, 9.17) is 4.98 Å². The van der Waals surface area contributed by atoms with E-state index in [1.54, 1.807) is 12.3 Å². The third kappa shape index (κ3) is 6.12. The van der Waals surface area contributed by atoms with Crippen molar-refractivity contribution in [3.8, 4) is 11.3 Å². The molecule has 0 radical (unpaired) electrons. The molecule has 0 spiro atoms. The van der Waals surface area contributed by atoms with Crippen molar-refractivity contribution in [2.45, 2.75) is 39.9 Å². The topological polar surface area (TPSA) is 71.0 Å². The molecule has 0 saturated heterocycles. The predicted molar refractivity (Wildman–Crippen MR) is 159 cm³/mol. The van der Waals surface area contributed by atoms with Gasteiger partial charge in [0.15, 0.2) is 0 Å². The van der Waals surface area contributed by atoms with Crippen LogP contribution in [0, 0.1) is 5.41 Å². The minimum absolute atomic E-state index is 0.0951. The molecule has 6 nitrogen and oxygen atoms in total. The Balaban J connectivity index is 1.68. The van der Waals surface area contributed by atoms with E-state index >= 15 is 0 Å². The van der Waals surface area contributed by atoms with Crippen LogP contribution in [0.3, 0.4) is 0 Å². The number of aromatic nitrogens is 3. The van der Waals surface area contributed by atoms with Gasteiger partial charge in [0.25, 0.3) is 5.91 Å². The maximum atomic E-state index is 14.2. The molecule has 3 aromatic carbocycles. The van der Waals surface area contributed by atoms with Crippen molar-refractivity contribution in [2.75, 3.05) is 0 Å². The fraction of sp³-hybridized carbons (Fsp3) is 0.206. The second-order valence-electron chi connectivity index (χ2n) is 11.1. The van der Waals surface area contributed by atoms with Gasteiger partial charge >= 0.3 is 0 Å². The second kappa shape index (κ2) is 11.6. The van der Waals surface area contributed by atoms with Crippen LogP contribution in [0.2, 0.25) is 0 Å². The lowest BCUT2D eigenvalue weighted by Gasteiger charge is -2.40. The van der Waals surface area contributed by atoms with Gasteiger partial charge in [0, 0.05) is 42.7 Å². The van der Waals surface area contributed by atoms with E-state index in [0.717, 1.165) is 28.2 Å². The molecule has 0 bridgehead atoms. The van der Waals surface area contributed by atoms with Gasteiger partial charge in [0.05, 0.1) is 11.7 Å². The molecule has 1 unspecified atom stereocenters. The van der Waals surface area contributed by atoms with Gasteiger partial charge in [-0.25, -0.2) is 4.98 Å². The molecular formula is C34H34N4O2. The number of carbonyl (C=O) groups is 1. The first kappa shape index (κ1) is 26.9. The number of aromatic amines is 1. The Hall–Kier alpha value is -4.71. The highest BCUT2D eigenvalue weighted by Gasteiger charge is 2.38. The molecule has 0 aliphatic heterocycles. The van der Waals surface area contributed by atoms with E-state index in [-0.39, 0.29) is 22.9 Å². The van der Waals surface area contributed by atoms with Crippen LogP contribution in [0.15, 0.2) is 120 Å². The average Bonchev–Trinajstić information content (AvgIpc) is 3.37. The molecule has 0 aliphatic rings. The van der Waals surface area contributed by atoms with Crippen LogP contribution in [-0.2, 0) is 13.1 Å². The smallest absolute Gasteiger partial charge is 0.254 e. The Morgan fingerprint density at radius 3 is 2.08 bits per heavy atom. The van der Waals surface area contributed by atoms with Crippen molar-refractivity contribution in [2.24, 2.45) is 5.41 Å². The minimum atomic E-state index is -0.381. The van der Waals surface area contributed by atoms with Crippen LogP contribution >= 0.6 is 0 Å². The minimum Gasteiger partial charge on any atom is -0.329 e. The highest BCUT2D eigenvalue weighted by atomic mass is 16.2. The molecule has 0 fully saturated rings. The molecule has 2 heterocycles. The molecule has 6 heteroatoms. The summed E-state index contributed by atoms with van der Waals surface area (Å²) in [5, 5.41) is 0. The number of nitrogens with one attached hydrogen (secondary N) is 1. The summed E-state index contributed by atoms with van der Waals surface area (Å²) in [5.74, 6) is 0.714. The van der Waals surface area contributed by atoms with Crippen molar-refractivity contribution in [1.29, 1.82) is 0 Å². The van der Waals surface area contributed by atoms with E-state index < -0.39 is 0 Å². The van der Waals surface area contributed by atoms with Crippen molar-refractivity contribution < 1.29 is 4.79 Å². The molecule has 5 rings (SSSR count). The summed E-state index contributed by atoms with van der Waals surface area (Å²) in [7, 11) is 0. The highest BCUT2D eigenvalue weighted by Crippen LogP contribution is 2.40. The van der Waals surface area contributed by atoms with Crippen molar-refractivity contribution >= 4 is 5.91 Å². The molecule has 2 aromatic heterocycles. The number of rotatable bonds is 8. The summed E-state index contributed by atoms with van der Waals surface area (Å²) < 4.78 is 2.17. The van der Waals surface area contributed by atoms with Crippen LogP contribution < -0.4 is 5.56 Å². The number of hydrogen-bond donors (Lipinski definition) is 1. The SMILES string of the molecule is CC(C)(C)C(c1nc(-c2ccccc2)cn1Cc1ccccc1)N(Cc1ccc(=O)[nH]c1)C(=O)c1ccccc1. The Kier molecular flexibility index (Phi) is 7.78. The molecule has 1 N–H and O–H groups in total. The van der Waals surface area contributed by atoms with Gasteiger partial charge in [0.2, 0.25) is 5.56 Å².